The zero-order valence-corrected chi connectivity index (χ0v) is 12.1. The van der Waals surface area contributed by atoms with Crippen molar-refractivity contribution in [3.63, 3.8) is 0 Å². The lowest BCUT2D eigenvalue weighted by atomic mass is 10.2. The molecule has 3 rings (SSSR count). The highest BCUT2D eigenvalue weighted by atomic mass is 32.2. The second kappa shape index (κ2) is 5.12. The van der Waals surface area contributed by atoms with Gasteiger partial charge in [0.1, 0.15) is 0 Å². The molecule has 1 aliphatic heterocycles. The van der Waals surface area contributed by atoms with Crippen molar-refractivity contribution in [2.24, 2.45) is 0 Å². The first-order valence-corrected chi connectivity index (χ1v) is 8.09. The van der Waals surface area contributed by atoms with E-state index in [0.717, 1.165) is 10.8 Å². The number of nitrogens with one attached hydrogen (secondary N) is 1. The van der Waals surface area contributed by atoms with Crippen LogP contribution in [0.3, 0.4) is 0 Å². The number of benzene rings is 1. The Bertz CT molecular complexity index is 730. The topological polar surface area (TPSA) is 62.3 Å². The Hall–Kier alpha value is -1.50. The minimum atomic E-state index is -3.42. The molecule has 1 fully saturated rings. The third kappa shape index (κ3) is 2.42. The fourth-order valence-electron chi connectivity index (χ4n) is 2.49. The van der Waals surface area contributed by atoms with E-state index < -0.39 is 10.0 Å². The van der Waals surface area contributed by atoms with E-state index >= 15 is 0 Å². The van der Waals surface area contributed by atoms with Gasteiger partial charge in [-0.1, -0.05) is 6.07 Å². The van der Waals surface area contributed by atoms with Gasteiger partial charge in [-0.05, 0) is 30.5 Å². The fraction of sp³-hybridized carbons (Fsp3) is 0.357. The molecule has 2 heterocycles. The van der Waals surface area contributed by atoms with Gasteiger partial charge in [-0.15, -0.1) is 0 Å². The van der Waals surface area contributed by atoms with Gasteiger partial charge in [0.2, 0.25) is 10.0 Å². The van der Waals surface area contributed by atoms with Crippen molar-refractivity contribution < 1.29 is 8.42 Å². The Morgan fingerprint density at radius 3 is 2.95 bits per heavy atom. The van der Waals surface area contributed by atoms with Gasteiger partial charge in [0.25, 0.3) is 0 Å². The number of nitrogens with zero attached hydrogens (tertiary/aromatic N) is 2. The van der Waals surface area contributed by atoms with E-state index in [1.807, 2.05) is 19.1 Å². The van der Waals surface area contributed by atoms with Crippen LogP contribution in [0.2, 0.25) is 0 Å². The van der Waals surface area contributed by atoms with Gasteiger partial charge in [-0.2, -0.15) is 4.31 Å². The van der Waals surface area contributed by atoms with Gasteiger partial charge in [-0.3, -0.25) is 4.98 Å². The summed E-state index contributed by atoms with van der Waals surface area (Å²) in [6, 6.07) is 7.25. The molecule has 1 aromatic heterocycles. The Labute approximate surface area is 118 Å². The molecule has 1 aromatic carbocycles. The van der Waals surface area contributed by atoms with Gasteiger partial charge in [0.15, 0.2) is 0 Å². The summed E-state index contributed by atoms with van der Waals surface area (Å²) in [6.45, 7) is 3.70. The number of hydrogen-bond acceptors (Lipinski definition) is 4. The van der Waals surface area contributed by atoms with Crippen molar-refractivity contribution in [1.82, 2.24) is 14.6 Å². The standard InChI is InChI=1S/C14H17N3O2S/c1-11-10-17(7-6-16-11)20(18,19)14-3-2-12-4-5-15-9-13(12)8-14/h2-5,8-9,11,16H,6-7,10H2,1H3. The maximum Gasteiger partial charge on any atom is 0.243 e. The summed E-state index contributed by atoms with van der Waals surface area (Å²) in [5.41, 5.74) is 0. The SMILES string of the molecule is CC1CN(S(=O)(=O)c2ccc3ccncc3c2)CCN1. The molecule has 0 saturated carbocycles. The number of rotatable bonds is 2. The summed E-state index contributed by atoms with van der Waals surface area (Å²) >= 11 is 0. The van der Waals surface area contributed by atoms with Gasteiger partial charge < -0.3 is 5.32 Å². The first-order chi connectivity index (χ1) is 9.57. The van der Waals surface area contributed by atoms with Crippen LogP contribution in [0, 0.1) is 0 Å². The summed E-state index contributed by atoms with van der Waals surface area (Å²) in [4.78, 5) is 4.38. The highest BCUT2D eigenvalue weighted by molar-refractivity contribution is 7.89. The van der Waals surface area contributed by atoms with E-state index in [1.54, 1.807) is 28.8 Å². The zero-order valence-electron chi connectivity index (χ0n) is 11.3. The Morgan fingerprint density at radius 2 is 2.15 bits per heavy atom. The number of hydrogen-bond donors (Lipinski definition) is 1. The van der Waals surface area contributed by atoms with Gasteiger partial charge >= 0.3 is 0 Å². The lowest BCUT2D eigenvalue weighted by Crippen LogP contribution is -2.51. The lowest BCUT2D eigenvalue weighted by molar-refractivity contribution is 0.310. The summed E-state index contributed by atoms with van der Waals surface area (Å²) < 4.78 is 26.9. The minimum absolute atomic E-state index is 0.181. The van der Waals surface area contributed by atoms with Crippen LogP contribution in [0.1, 0.15) is 6.92 Å². The molecule has 1 N–H and O–H groups in total. The van der Waals surface area contributed by atoms with Gasteiger partial charge in [0.05, 0.1) is 4.90 Å². The van der Waals surface area contributed by atoms with Crippen LogP contribution in [0.25, 0.3) is 10.8 Å². The Balaban J connectivity index is 2.00. The highest BCUT2D eigenvalue weighted by Gasteiger charge is 2.28. The van der Waals surface area contributed by atoms with E-state index in [0.29, 0.717) is 24.5 Å². The third-order valence-corrected chi connectivity index (χ3v) is 5.44. The third-order valence-electron chi connectivity index (χ3n) is 3.58. The molecule has 1 unspecified atom stereocenters. The predicted octanol–water partition coefficient (Wildman–Crippen LogP) is 1.22. The Morgan fingerprint density at radius 1 is 1.30 bits per heavy atom. The molecule has 1 atom stereocenters. The minimum Gasteiger partial charge on any atom is -0.312 e. The summed E-state index contributed by atoms with van der Waals surface area (Å²) in [5.74, 6) is 0. The molecular weight excluding hydrogens is 274 g/mol. The number of piperazine rings is 1. The maximum atomic E-state index is 12.7. The van der Waals surface area contributed by atoms with E-state index in [-0.39, 0.29) is 6.04 Å². The number of sulfonamides is 1. The van der Waals surface area contributed by atoms with Crippen LogP contribution in [-0.4, -0.2) is 43.4 Å². The van der Waals surface area contributed by atoms with Crippen LogP contribution in [-0.2, 0) is 10.0 Å². The first kappa shape index (κ1) is 13.5. The average molecular weight is 291 g/mol. The second-order valence-corrected chi connectivity index (χ2v) is 7.04. The van der Waals surface area contributed by atoms with Crippen LogP contribution in [0.5, 0.6) is 0 Å². The summed E-state index contributed by atoms with van der Waals surface area (Å²) in [6.07, 6.45) is 3.39. The van der Waals surface area contributed by atoms with E-state index in [2.05, 4.69) is 10.3 Å². The van der Waals surface area contributed by atoms with E-state index in [9.17, 15) is 8.42 Å². The van der Waals surface area contributed by atoms with Crippen LogP contribution < -0.4 is 5.32 Å². The molecule has 1 saturated heterocycles. The molecule has 0 spiro atoms. The predicted molar refractivity (Wildman–Crippen MR) is 78.0 cm³/mol. The van der Waals surface area contributed by atoms with Crippen LogP contribution in [0.15, 0.2) is 41.6 Å². The second-order valence-electron chi connectivity index (χ2n) is 5.10. The number of pyridine rings is 1. The van der Waals surface area contributed by atoms with E-state index in [1.165, 1.54) is 0 Å². The normalized spacial score (nSPS) is 21.1. The molecule has 0 bridgehead atoms. The highest BCUT2D eigenvalue weighted by Crippen LogP contribution is 2.22. The van der Waals surface area contributed by atoms with Gasteiger partial charge in [0, 0.05) is 43.5 Å². The molecule has 5 nitrogen and oxygen atoms in total. The monoisotopic (exact) mass is 291 g/mol. The van der Waals surface area contributed by atoms with Crippen molar-refractivity contribution in [3.8, 4) is 0 Å². The molecule has 0 aliphatic carbocycles. The summed E-state index contributed by atoms with van der Waals surface area (Å²) in [5, 5.41) is 5.09. The van der Waals surface area contributed by atoms with Crippen LogP contribution in [0.4, 0.5) is 0 Å². The van der Waals surface area contributed by atoms with Crippen molar-refractivity contribution in [3.05, 3.63) is 36.7 Å². The molecule has 1 aliphatic rings. The Kier molecular flexibility index (Phi) is 3.45. The number of fused-ring (bicyclic) bond motifs is 1. The first-order valence-electron chi connectivity index (χ1n) is 6.65. The molecule has 106 valence electrons. The molecule has 6 heteroatoms. The van der Waals surface area contributed by atoms with Crippen molar-refractivity contribution in [1.29, 1.82) is 0 Å². The van der Waals surface area contributed by atoms with Crippen molar-refractivity contribution in [2.75, 3.05) is 19.6 Å². The van der Waals surface area contributed by atoms with Crippen LogP contribution >= 0.6 is 0 Å². The van der Waals surface area contributed by atoms with Gasteiger partial charge in [-0.25, -0.2) is 8.42 Å². The lowest BCUT2D eigenvalue weighted by Gasteiger charge is -2.31. The molecule has 0 amide bonds. The largest absolute Gasteiger partial charge is 0.312 e. The molecule has 20 heavy (non-hydrogen) atoms. The molecule has 0 radical (unpaired) electrons. The van der Waals surface area contributed by atoms with E-state index in [4.69, 9.17) is 0 Å². The molecular formula is C14H17N3O2S. The van der Waals surface area contributed by atoms with Crippen molar-refractivity contribution in [2.45, 2.75) is 17.9 Å². The fourth-order valence-corrected chi connectivity index (χ4v) is 4.05. The summed E-state index contributed by atoms with van der Waals surface area (Å²) in [7, 11) is -3.42. The molecule has 2 aromatic rings. The maximum absolute atomic E-state index is 12.7. The quantitative estimate of drug-likeness (QED) is 0.903. The number of aromatic nitrogens is 1. The smallest absolute Gasteiger partial charge is 0.243 e. The zero-order chi connectivity index (χ0) is 14.2. The van der Waals surface area contributed by atoms with Crippen molar-refractivity contribution >= 4 is 20.8 Å². The average Bonchev–Trinajstić information content (AvgIpc) is 2.46.